The van der Waals surface area contributed by atoms with E-state index >= 15 is 0 Å². The van der Waals surface area contributed by atoms with E-state index in [1.807, 2.05) is 31.2 Å². The molecule has 4 aromatic rings. The largest absolute Gasteiger partial charge is 0.438 e. The van der Waals surface area contributed by atoms with Crippen molar-refractivity contribution in [2.45, 2.75) is 26.8 Å². The number of hydrogen-bond acceptors (Lipinski definition) is 6. The van der Waals surface area contributed by atoms with Crippen LogP contribution >= 0.6 is 0 Å². The van der Waals surface area contributed by atoms with E-state index in [9.17, 15) is 4.79 Å². The van der Waals surface area contributed by atoms with E-state index in [-0.39, 0.29) is 5.78 Å². The van der Waals surface area contributed by atoms with Crippen LogP contribution in [-0.2, 0) is 13.0 Å². The smallest absolute Gasteiger partial charge is 0.231 e. The summed E-state index contributed by atoms with van der Waals surface area (Å²) >= 11 is 0. The van der Waals surface area contributed by atoms with Crippen molar-refractivity contribution in [3.63, 3.8) is 0 Å². The summed E-state index contributed by atoms with van der Waals surface area (Å²) in [5.74, 6) is 1.15. The first-order chi connectivity index (χ1) is 17.0. The van der Waals surface area contributed by atoms with Gasteiger partial charge in [-0.05, 0) is 55.3 Å². The van der Waals surface area contributed by atoms with Crippen molar-refractivity contribution in [3.8, 4) is 11.6 Å². The third kappa shape index (κ3) is 5.26. The Bertz CT molecular complexity index is 1350. The molecular weight excluding hydrogens is 438 g/mol. The Kier molecular flexibility index (Phi) is 6.61. The van der Waals surface area contributed by atoms with Gasteiger partial charge in [0.1, 0.15) is 17.7 Å². The summed E-state index contributed by atoms with van der Waals surface area (Å²) in [6.07, 6.45) is 3.62. The predicted octanol–water partition coefficient (Wildman–Crippen LogP) is 4.54. The van der Waals surface area contributed by atoms with Crippen molar-refractivity contribution >= 4 is 16.8 Å². The van der Waals surface area contributed by atoms with Crippen LogP contribution in [0.15, 0.2) is 55.0 Å². The number of aromatic nitrogens is 3. The lowest BCUT2D eigenvalue weighted by molar-refractivity contribution is 0.0992. The fourth-order valence-electron chi connectivity index (χ4n) is 4.50. The molecule has 35 heavy (non-hydrogen) atoms. The predicted molar refractivity (Wildman–Crippen MR) is 137 cm³/mol. The number of likely N-dealkylation sites (N-methyl/N-ethyl adjacent to an activating group) is 1. The average Bonchev–Trinajstić information content (AvgIpc) is 3.33. The molecule has 180 valence electrons. The molecule has 7 heteroatoms. The van der Waals surface area contributed by atoms with Crippen molar-refractivity contribution in [2.24, 2.45) is 0 Å². The van der Waals surface area contributed by atoms with Crippen molar-refractivity contribution in [2.75, 3.05) is 33.2 Å². The number of nitrogens with one attached hydrogen (secondary N) is 1. The molecule has 1 fully saturated rings. The lowest BCUT2D eigenvalue weighted by atomic mass is 9.98. The number of Topliss-reactive ketones (excluding diaryl/α,β-unsaturated/α-hetero) is 1. The summed E-state index contributed by atoms with van der Waals surface area (Å²) in [6, 6.07) is 13.9. The zero-order chi connectivity index (χ0) is 24.4. The molecule has 0 saturated carbocycles. The summed E-state index contributed by atoms with van der Waals surface area (Å²) in [5.41, 5.74) is 5.88. The number of aryl methyl sites for hydroxylation is 2. The van der Waals surface area contributed by atoms with Gasteiger partial charge in [0, 0.05) is 50.9 Å². The number of nitrogens with zero attached hydrogens (tertiary/aromatic N) is 4. The second kappa shape index (κ2) is 9.98. The Balaban J connectivity index is 1.28. The van der Waals surface area contributed by atoms with Gasteiger partial charge in [-0.25, -0.2) is 9.97 Å². The monoisotopic (exact) mass is 469 g/mol. The quantitative estimate of drug-likeness (QED) is 0.401. The van der Waals surface area contributed by atoms with E-state index in [1.165, 1.54) is 17.5 Å². The molecule has 2 aromatic heterocycles. The van der Waals surface area contributed by atoms with Crippen LogP contribution in [0.2, 0.25) is 0 Å². The van der Waals surface area contributed by atoms with Gasteiger partial charge in [0.2, 0.25) is 5.88 Å². The Hall–Kier alpha value is -3.55. The maximum Gasteiger partial charge on any atom is 0.231 e. The van der Waals surface area contributed by atoms with Crippen LogP contribution in [0.1, 0.15) is 32.6 Å². The minimum Gasteiger partial charge on any atom is -0.438 e. The number of piperazine rings is 1. The second-order valence-corrected chi connectivity index (χ2v) is 9.44. The van der Waals surface area contributed by atoms with E-state index in [1.54, 1.807) is 6.20 Å². The number of benzene rings is 2. The molecule has 0 bridgehead atoms. The highest BCUT2D eigenvalue weighted by molar-refractivity contribution is 5.98. The number of fused-ring (bicyclic) bond motifs is 1. The number of ketones is 1. The highest BCUT2D eigenvalue weighted by Crippen LogP contribution is 2.29. The molecular formula is C28H31N5O2. The molecule has 2 aromatic carbocycles. The van der Waals surface area contributed by atoms with Gasteiger partial charge in [0.15, 0.2) is 5.78 Å². The molecule has 1 saturated heterocycles. The molecule has 1 aliphatic heterocycles. The lowest BCUT2D eigenvalue weighted by Crippen LogP contribution is -2.43. The van der Waals surface area contributed by atoms with Crippen molar-refractivity contribution in [1.29, 1.82) is 0 Å². The molecule has 5 rings (SSSR count). The van der Waals surface area contributed by atoms with Crippen LogP contribution in [0.25, 0.3) is 11.0 Å². The third-order valence-electron chi connectivity index (χ3n) is 6.80. The number of H-pyrrole nitrogens is 1. The molecule has 0 unspecified atom stereocenters. The van der Waals surface area contributed by atoms with Crippen molar-refractivity contribution in [3.05, 3.63) is 82.8 Å². The zero-order valence-electron chi connectivity index (χ0n) is 20.5. The van der Waals surface area contributed by atoms with Gasteiger partial charge in [-0.1, -0.05) is 30.3 Å². The highest BCUT2D eigenvalue weighted by Gasteiger charge is 2.16. The van der Waals surface area contributed by atoms with Crippen molar-refractivity contribution in [1.82, 2.24) is 24.8 Å². The van der Waals surface area contributed by atoms with Gasteiger partial charge >= 0.3 is 0 Å². The number of aromatic amines is 1. The van der Waals surface area contributed by atoms with Gasteiger partial charge in [-0.3, -0.25) is 9.69 Å². The SMILES string of the molecule is Cc1cc(CC(=O)c2ccc(C)c(Oc3ncnc4[nH]ccc34)c2)ccc1CN1CCN(C)CC1. The summed E-state index contributed by atoms with van der Waals surface area (Å²) < 4.78 is 6.10. The maximum atomic E-state index is 13.1. The Morgan fingerprint density at radius 3 is 2.63 bits per heavy atom. The molecule has 3 heterocycles. The Morgan fingerprint density at radius 1 is 1.00 bits per heavy atom. The fraction of sp³-hybridized carbons (Fsp3) is 0.321. The molecule has 0 amide bonds. The van der Waals surface area contributed by atoms with Gasteiger partial charge in [-0.2, -0.15) is 0 Å². The first-order valence-electron chi connectivity index (χ1n) is 12.1. The van der Waals surface area contributed by atoms with E-state index in [4.69, 9.17) is 4.74 Å². The van der Waals surface area contributed by atoms with E-state index in [0.29, 0.717) is 29.3 Å². The lowest BCUT2D eigenvalue weighted by Gasteiger charge is -2.32. The summed E-state index contributed by atoms with van der Waals surface area (Å²) in [7, 11) is 2.17. The first-order valence-corrected chi connectivity index (χ1v) is 12.1. The van der Waals surface area contributed by atoms with E-state index in [0.717, 1.165) is 49.2 Å². The Labute approximate surface area is 205 Å². The van der Waals surface area contributed by atoms with E-state index in [2.05, 4.69) is 56.9 Å². The third-order valence-corrected chi connectivity index (χ3v) is 6.80. The maximum absolute atomic E-state index is 13.1. The second-order valence-electron chi connectivity index (χ2n) is 9.44. The normalized spacial score (nSPS) is 14.9. The molecule has 7 nitrogen and oxygen atoms in total. The summed E-state index contributed by atoms with van der Waals surface area (Å²) in [4.78, 5) is 29.6. The van der Waals surface area contributed by atoms with Crippen LogP contribution in [0, 0.1) is 13.8 Å². The minimum absolute atomic E-state index is 0.0653. The number of hydrogen-bond donors (Lipinski definition) is 1. The molecule has 0 aliphatic carbocycles. The zero-order valence-corrected chi connectivity index (χ0v) is 20.5. The topological polar surface area (TPSA) is 74.3 Å². The highest BCUT2D eigenvalue weighted by atomic mass is 16.5. The number of ether oxygens (including phenoxy) is 1. The van der Waals surface area contributed by atoms with Crippen LogP contribution in [0.4, 0.5) is 0 Å². The van der Waals surface area contributed by atoms with Gasteiger partial charge in [-0.15, -0.1) is 0 Å². The van der Waals surface area contributed by atoms with Gasteiger partial charge < -0.3 is 14.6 Å². The van der Waals surface area contributed by atoms with Gasteiger partial charge in [0.25, 0.3) is 0 Å². The minimum atomic E-state index is 0.0653. The average molecular weight is 470 g/mol. The molecule has 1 N–H and O–H groups in total. The summed E-state index contributed by atoms with van der Waals surface area (Å²) in [5, 5.41) is 0.802. The molecule has 0 spiro atoms. The van der Waals surface area contributed by atoms with Crippen molar-refractivity contribution < 1.29 is 9.53 Å². The van der Waals surface area contributed by atoms with Crippen LogP contribution < -0.4 is 4.74 Å². The molecule has 1 aliphatic rings. The number of carbonyl (C=O) groups is 1. The van der Waals surface area contributed by atoms with Crippen LogP contribution in [0.3, 0.4) is 0 Å². The summed E-state index contributed by atoms with van der Waals surface area (Å²) in [6.45, 7) is 9.48. The number of rotatable bonds is 7. The first kappa shape index (κ1) is 23.2. The van der Waals surface area contributed by atoms with Crippen LogP contribution in [-0.4, -0.2) is 63.8 Å². The van der Waals surface area contributed by atoms with Gasteiger partial charge in [0.05, 0.1) is 5.39 Å². The Morgan fingerprint density at radius 2 is 1.83 bits per heavy atom. The van der Waals surface area contributed by atoms with E-state index < -0.39 is 0 Å². The van der Waals surface area contributed by atoms with Crippen LogP contribution in [0.5, 0.6) is 11.6 Å². The molecule has 0 atom stereocenters. The number of carbonyl (C=O) groups excluding carboxylic acids is 1. The fourth-order valence-corrected chi connectivity index (χ4v) is 4.50. The standard InChI is InChI=1S/C28H31N5O2/c1-19-4-6-22(16-26(19)35-28-24-8-9-29-27(24)30-18-31-28)25(34)15-21-5-7-23(20(2)14-21)17-33-12-10-32(3)11-13-33/h4-9,14,16,18H,10-13,15,17H2,1-3H3,(H,29,30,31). The molecule has 0 radical (unpaired) electrons.